The van der Waals surface area contributed by atoms with E-state index < -0.39 is 18.1 Å². The molecule has 6 nitrogen and oxygen atoms in total. The highest BCUT2D eigenvalue weighted by Crippen LogP contribution is 2.37. The minimum Gasteiger partial charge on any atom is -0.368 e. The lowest BCUT2D eigenvalue weighted by Gasteiger charge is -2.40. The third-order valence-electron chi connectivity index (χ3n) is 6.79. The van der Waals surface area contributed by atoms with Gasteiger partial charge in [-0.25, -0.2) is 0 Å². The Morgan fingerprint density at radius 3 is 2.76 bits per heavy atom. The molecule has 2 fully saturated rings. The van der Waals surface area contributed by atoms with E-state index in [1.54, 1.807) is 30.4 Å². The summed E-state index contributed by atoms with van der Waals surface area (Å²) < 4.78 is 41.6. The highest BCUT2D eigenvalue weighted by molar-refractivity contribution is 6.03. The van der Waals surface area contributed by atoms with Gasteiger partial charge in [0.05, 0.1) is 18.0 Å². The molecule has 1 N–H and O–H groups in total. The van der Waals surface area contributed by atoms with Gasteiger partial charge in [-0.15, -0.1) is 0 Å². The summed E-state index contributed by atoms with van der Waals surface area (Å²) in [5.41, 5.74) is 2.35. The number of fused-ring (bicyclic) bond motifs is 1. The van der Waals surface area contributed by atoms with E-state index in [9.17, 15) is 18.0 Å². The number of rotatable bonds is 5. The lowest BCUT2D eigenvalue weighted by molar-refractivity contribution is -0.178. The molecule has 0 spiro atoms. The zero-order chi connectivity index (χ0) is 24.5. The molecule has 1 amide bonds. The standard InChI is InChI=1S/C25H32F3N5O/c1-24(2)8-10-32(16-24)15-22(34)31-19-11-18(25(26,27)28)13-33(14-19)21-7-6-17(12-29-3)23-20(21)5-4-9-30-23/h4-7,9,12,18-19H,8,10-11,13-16H2,1-3H3,(H,31,34)/b29-12-/t18-,19+/m0/s1. The van der Waals surface area contributed by atoms with Crippen molar-refractivity contribution >= 4 is 28.7 Å². The molecule has 0 radical (unpaired) electrons. The predicted molar refractivity (Wildman–Crippen MR) is 128 cm³/mol. The highest BCUT2D eigenvalue weighted by Gasteiger charge is 2.45. The largest absolute Gasteiger partial charge is 0.393 e. The summed E-state index contributed by atoms with van der Waals surface area (Å²) in [4.78, 5) is 25.0. The highest BCUT2D eigenvalue weighted by atomic mass is 19.4. The van der Waals surface area contributed by atoms with E-state index in [0.717, 1.165) is 30.5 Å². The molecule has 2 saturated heterocycles. The summed E-state index contributed by atoms with van der Waals surface area (Å²) in [6.07, 6.45) is -0.0992. The number of nitrogens with one attached hydrogen (secondary N) is 1. The average molecular weight is 476 g/mol. The Labute approximate surface area is 198 Å². The molecule has 0 saturated carbocycles. The molecule has 0 aliphatic carbocycles. The van der Waals surface area contributed by atoms with Crippen LogP contribution in [0.1, 0.15) is 32.3 Å². The summed E-state index contributed by atoms with van der Waals surface area (Å²) in [5, 5.41) is 3.67. The summed E-state index contributed by atoms with van der Waals surface area (Å²) in [5.74, 6) is -1.74. The van der Waals surface area contributed by atoms with Gasteiger partial charge in [0.15, 0.2) is 0 Å². The van der Waals surface area contributed by atoms with Gasteiger partial charge in [-0.1, -0.05) is 13.8 Å². The second kappa shape index (κ2) is 9.52. The van der Waals surface area contributed by atoms with Crippen LogP contribution in [0.15, 0.2) is 35.5 Å². The average Bonchev–Trinajstić information content (AvgIpc) is 3.11. The molecule has 1 aromatic heterocycles. The lowest BCUT2D eigenvalue weighted by Crippen LogP contribution is -2.55. The van der Waals surface area contributed by atoms with E-state index in [1.807, 2.05) is 18.2 Å². The minimum atomic E-state index is -4.34. The van der Waals surface area contributed by atoms with E-state index in [-0.39, 0.29) is 30.8 Å². The number of aromatic nitrogens is 1. The first-order valence-corrected chi connectivity index (χ1v) is 11.7. The van der Waals surface area contributed by atoms with Crippen LogP contribution in [-0.4, -0.2) is 74.0 Å². The van der Waals surface area contributed by atoms with Crippen molar-refractivity contribution in [3.63, 3.8) is 0 Å². The number of hydrogen-bond acceptors (Lipinski definition) is 5. The van der Waals surface area contributed by atoms with Gasteiger partial charge in [0, 0.05) is 61.8 Å². The minimum absolute atomic E-state index is 0.117. The smallest absolute Gasteiger partial charge is 0.368 e. The maximum atomic E-state index is 13.9. The van der Waals surface area contributed by atoms with Gasteiger partial charge in [0.25, 0.3) is 0 Å². The summed E-state index contributed by atoms with van der Waals surface area (Å²) in [6.45, 7) is 6.35. The van der Waals surface area contributed by atoms with Crippen molar-refractivity contribution in [1.29, 1.82) is 0 Å². The quantitative estimate of drug-likeness (QED) is 0.667. The van der Waals surface area contributed by atoms with Gasteiger partial charge in [0.1, 0.15) is 0 Å². The van der Waals surface area contributed by atoms with Crippen LogP contribution in [0.4, 0.5) is 18.9 Å². The van der Waals surface area contributed by atoms with Gasteiger partial charge in [0.2, 0.25) is 5.91 Å². The maximum absolute atomic E-state index is 13.9. The number of halogens is 3. The Bertz CT molecular complexity index is 1070. The van der Waals surface area contributed by atoms with Crippen LogP contribution < -0.4 is 10.2 Å². The number of carbonyl (C=O) groups is 1. The number of likely N-dealkylation sites (tertiary alicyclic amines) is 1. The summed E-state index contributed by atoms with van der Waals surface area (Å²) in [7, 11) is 1.66. The molecular weight excluding hydrogens is 443 g/mol. The summed E-state index contributed by atoms with van der Waals surface area (Å²) in [6, 6.07) is 6.71. The fraction of sp³-hybridized carbons (Fsp3) is 0.560. The van der Waals surface area contributed by atoms with Gasteiger partial charge in [-0.05, 0) is 49.1 Å². The number of benzene rings is 1. The van der Waals surface area contributed by atoms with Gasteiger partial charge < -0.3 is 10.2 Å². The van der Waals surface area contributed by atoms with Crippen molar-refractivity contribution in [2.45, 2.75) is 38.9 Å². The zero-order valence-electron chi connectivity index (χ0n) is 19.9. The maximum Gasteiger partial charge on any atom is 0.393 e. The van der Waals surface area contributed by atoms with E-state index in [4.69, 9.17) is 0 Å². The first-order valence-electron chi connectivity index (χ1n) is 11.7. The van der Waals surface area contributed by atoms with Crippen molar-refractivity contribution < 1.29 is 18.0 Å². The Kier molecular flexibility index (Phi) is 6.85. The normalized spacial score (nSPS) is 23.6. The van der Waals surface area contributed by atoms with Crippen LogP contribution in [0, 0.1) is 11.3 Å². The van der Waals surface area contributed by atoms with Gasteiger partial charge >= 0.3 is 6.18 Å². The Morgan fingerprint density at radius 1 is 1.29 bits per heavy atom. The van der Waals surface area contributed by atoms with Crippen LogP contribution >= 0.6 is 0 Å². The Hall–Kier alpha value is -2.68. The summed E-state index contributed by atoms with van der Waals surface area (Å²) >= 11 is 0. The molecule has 0 bridgehead atoms. The third-order valence-corrected chi connectivity index (χ3v) is 6.79. The molecule has 3 heterocycles. The monoisotopic (exact) mass is 475 g/mol. The molecule has 2 aliphatic heterocycles. The van der Waals surface area contributed by atoms with E-state index >= 15 is 0 Å². The molecular formula is C25H32F3N5O. The van der Waals surface area contributed by atoms with Gasteiger partial charge in [-0.2, -0.15) is 13.2 Å². The number of alkyl halides is 3. The Morgan fingerprint density at radius 2 is 2.09 bits per heavy atom. The SMILES string of the molecule is C/N=C\c1ccc(N2C[C@H](NC(=O)CN3CCC(C)(C)C3)C[C@H](C(F)(F)F)C2)c2cccnc12. The van der Waals surface area contributed by atoms with E-state index in [0.29, 0.717) is 17.7 Å². The number of piperidine rings is 1. The number of hydrogen-bond donors (Lipinski definition) is 1. The second-order valence-electron chi connectivity index (χ2n) is 10.2. The van der Waals surface area contributed by atoms with Crippen molar-refractivity contribution in [3.8, 4) is 0 Å². The fourth-order valence-electron chi connectivity index (χ4n) is 5.17. The van der Waals surface area contributed by atoms with Crippen LogP contribution in [0.3, 0.4) is 0 Å². The zero-order valence-corrected chi connectivity index (χ0v) is 19.9. The number of amides is 1. The first-order chi connectivity index (χ1) is 16.1. The first kappa shape index (κ1) is 24.4. The van der Waals surface area contributed by atoms with Crippen LogP contribution in [0.5, 0.6) is 0 Å². The third kappa shape index (κ3) is 5.51. The van der Waals surface area contributed by atoms with Gasteiger partial charge in [-0.3, -0.25) is 19.7 Å². The van der Waals surface area contributed by atoms with Crippen molar-refractivity contribution in [2.75, 3.05) is 44.7 Å². The molecule has 34 heavy (non-hydrogen) atoms. The predicted octanol–water partition coefficient (Wildman–Crippen LogP) is 3.89. The van der Waals surface area contributed by atoms with Crippen molar-refractivity contribution in [2.24, 2.45) is 16.3 Å². The fourth-order valence-corrected chi connectivity index (χ4v) is 5.17. The molecule has 184 valence electrons. The van der Waals surface area contributed by atoms with Crippen LogP contribution in [0.25, 0.3) is 10.9 Å². The molecule has 2 aliphatic rings. The van der Waals surface area contributed by atoms with Crippen LogP contribution in [-0.2, 0) is 4.79 Å². The number of nitrogens with zero attached hydrogens (tertiary/aromatic N) is 4. The molecule has 2 aromatic rings. The van der Waals surface area contributed by atoms with E-state index in [1.165, 1.54) is 0 Å². The number of anilines is 1. The molecule has 9 heteroatoms. The number of aliphatic imine (C=N–C) groups is 1. The molecule has 4 rings (SSSR count). The number of carbonyl (C=O) groups excluding carboxylic acids is 1. The van der Waals surface area contributed by atoms with E-state index in [2.05, 4.69) is 34.0 Å². The lowest BCUT2D eigenvalue weighted by atomic mass is 9.92. The van der Waals surface area contributed by atoms with Crippen molar-refractivity contribution in [1.82, 2.24) is 15.2 Å². The molecule has 1 aromatic carbocycles. The topological polar surface area (TPSA) is 60.8 Å². The van der Waals surface area contributed by atoms with Crippen LogP contribution in [0.2, 0.25) is 0 Å². The Balaban J connectivity index is 1.56. The number of pyridine rings is 1. The molecule has 0 unspecified atom stereocenters. The van der Waals surface area contributed by atoms with Crippen molar-refractivity contribution in [3.05, 3.63) is 36.0 Å². The molecule has 2 atom stereocenters. The second-order valence-corrected chi connectivity index (χ2v) is 10.2.